The molecular weight excluding hydrogens is 312 g/mol. The number of esters is 1. The van der Waals surface area contributed by atoms with Crippen LogP contribution in [0.15, 0.2) is 0 Å². The molecule has 1 fully saturated rings. The number of hydrogen-bond acceptors (Lipinski definition) is 3. The van der Waals surface area contributed by atoms with E-state index in [-0.39, 0.29) is 11.9 Å². The first-order valence-electron chi connectivity index (χ1n) is 10.7. The van der Waals surface area contributed by atoms with E-state index in [4.69, 9.17) is 9.47 Å². The molecule has 1 unspecified atom stereocenters. The van der Waals surface area contributed by atoms with Crippen LogP contribution in [0.1, 0.15) is 103 Å². The van der Waals surface area contributed by atoms with Crippen LogP contribution in [0.2, 0.25) is 0 Å². The Labute approximate surface area is 156 Å². The number of unbranched alkanes of at least 4 members (excludes halogenated alkanes) is 1. The topological polar surface area (TPSA) is 35.5 Å². The summed E-state index contributed by atoms with van der Waals surface area (Å²) in [6.45, 7) is 7.09. The fourth-order valence-corrected chi connectivity index (χ4v) is 3.51. The van der Waals surface area contributed by atoms with Gasteiger partial charge >= 0.3 is 5.97 Å². The van der Waals surface area contributed by atoms with E-state index in [0.717, 1.165) is 51.6 Å². The number of carbonyl (C=O) groups excluding carboxylic acids is 1. The van der Waals surface area contributed by atoms with Gasteiger partial charge in [-0.2, -0.15) is 0 Å². The molecule has 1 rings (SSSR count). The zero-order valence-corrected chi connectivity index (χ0v) is 16.5. The zero-order valence-electron chi connectivity index (χ0n) is 16.5. The van der Waals surface area contributed by atoms with Crippen LogP contribution in [0.4, 0.5) is 0 Å². The minimum Gasteiger partial charge on any atom is -0.466 e. The van der Waals surface area contributed by atoms with Gasteiger partial charge < -0.3 is 9.47 Å². The van der Waals surface area contributed by atoms with Crippen molar-refractivity contribution in [2.45, 2.75) is 103 Å². The summed E-state index contributed by atoms with van der Waals surface area (Å²) in [4.78, 5) is 12.2. The van der Waals surface area contributed by atoms with Gasteiger partial charge in [-0.3, -0.25) is 4.79 Å². The highest BCUT2D eigenvalue weighted by Gasteiger charge is 2.22. The molecule has 0 spiro atoms. The summed E-state index contributed by atoms with van der Waals surface area (Å²) in [5.41, 5.74) is 0. The molecular formula is C22H40O3. The Morgan fingerprint density at radius 1 is 1.04 bits per heavy atom. The highest BCUT2D eigenvalue weighted by atomic mass is 16.5. The molecule has 2 radical (unpaired) electrons. The third kappa shape index (κ3) is 11.6. The van der Waals surface area contributed by atoms with Crippen molar-refractivity contribution in [3.63, 3.8) is 0 Å². The molecule has 1 saturated heterocycles. The smallest absolute Gasteiger partial charge is 0.308 e. The third-order valence-corrected chi connectivity index (χ3v) is 5.10. The van der Waals surface area contributed by atoms with Gasteiger partial charge in [0.15, 0.2) is 0 Å². The number of carbonyl (C=O) groups is 1. The van der Waals surface area contributed by atoms with Crippen molar-refractivity contribution in [3.8, 4) is 0 Å². The second-order valence-corrected chi connectivity index (χ2v) is 7.30. The molecule has 0 N–H and O–H groups in total. The normalized spacial score (nSPS) is 20.1. The Morgan fingerprint density at radius 3 is 2.32 bits per heavy atom. The van der Waals surface area contributed by atoms with Crippen LogP contribution in [-0.2, 0) is 14.3 Å². The lowest BCUT2D eigenvalue weighted by atomic mass is 9.93. The van der Waals surface area contributed by atoms with Gasteiger partial charge in [0, 0.05) is 6.61 Å². The molecule has 0 aliphatic carbocycles. The molecule has 0 bridgehead atoms. The van der Waals surface area contributed by atoms with Crippen LogP contribution < -0.4 is 0 Å². The molecule has 1 aliphatic rings. The molecule has 146 valence electrons. The Kier molecular flexibility index (Phi) is 14.1. The molecule has 0 aromatic carbocycles. The van der Waals surface area contributed by atoms with Crippen LogP contribution in [0.5, 0.6) is 0 Å². The molecule has 0 amide bonds. The maximum absolute atomic E-state index is 12.2. The molecule has 1 heterocycles. The van der Waals surface area contributed by atoms with Gasteiger partial charge in [0.2, 0.25) is 0 Å². The van der Waals surface area contributed by atoms with Crippen LogP contribution in [0.3, 0.4) is 0 Å². The van der Waals surface area contributed by atoms with E-state index in [1.165, 1.54) is 57.5 Å². The summed E-state index contributed by atoms with van der Waals surface area (Å²) in [6.07, 6.45) is 18.6. The maximum atomic E-state index is 12.2. The van der Waals surface area contributed by atoms with Crippen molar-refractivity contribution in [1.29, 1.82) is 0 Å². The summed E-state index contributed by atoms with van der Waals surface area (Å²) in [6, 6.07) is 0. The molecule has 1 aliphatic heterocycles. The maximum Gasteiger partial charge on any atom is 0.308 e. The Morgan fingerprint density at radius 2 is 1.68 bits per heavy atom. The Bertz CT molecular complexity index is 302. The molecule has 0 aromatic heterocycles. The molecule has 3 nitrogen and oxygen atoms in total. The highest BCUT2D eigenvalue weighted by molar-refractivity contribution is 5.72. The zero-order chi connectivity index (χ0) is 18.2. The predicted octanol–water partition coefficient (Wildman–Crippen LogP) is 6.41. The van der Waals surface area contributed by atoms with Crippen molar-refractivity contribution >= 4 is 5.97 Å². The third-order valence-electron chi connectivity index (χ3n) is 5.10. The monoisotopic (exact) mass is 352 g/mol. The van der Waals surface area contributed by atoms with E-state index >= 15 is 0 Å². The molecule has 0 aromatic rings. The van der Waals surface area contributed by atoms with Crippen LogP contribution >= 0.6 is 0 Å². The van der Waals surface area contributed by atoms with E-state index < -0.39 is 0 Å². The van der Waals surface area contributed by atoms with Gasteiger partial charge in [-0.1, -0.05) is 71.1 Å². The molecule has 0 saturated carbocycles. The number of hydrogen-bond donors (Lipinski definition) is 0. The summed E-state index contributed by atoms with van der Waals surface area (Å²) in [7, 11) is 0. The molecule has 25 heavy (non-hydrogen) atoms. The van der Waals surface area contributed by atoms with Gasteiger partial charge in [0.1, 0.15) is 0 Å². The van der Waals surface area contributed by atoms with E-state index in [0.29, 0.717) is 6.61 Å². The Balaban J connectivity index is 2.43. The lowest BCUT2D eigenvalue weighted by Gasteiger charge is -2.20. The van der Waals surface area contributed by atoms with Gasteiger partial charge in [-0.15, -0.1) is 0 Å². The van der Waals surface area contributed by atoms with Crippen LogP contribution in [0, 0.1) is 18.9 Å². The first-order chi connectivity index (χ1) is 12.3. The summed E-state index contributed by atoms with van der Waals surface area (Å²) in [5.74, 6) is -0.0384. The van der Waals surface area contributed by atoms with E-state index in [2.05, 4.69) is 6.92 Å². The minimum absolute atomic E-state index is 0.00221. The van der Waals surface area contributed by atoms with E-state index in [1.807, 2.05) is 6.92 Å². The van der Waals surface area contributed by atoms with Gasteiger partial charge in [-0.05, 0) is 39.0 Å². The van der Waals surface area contributed by atoms with E-state index in [9.17, 15) is 4.79 Å². The Hall–Kier alpha value is -0.570. The fraction of sp³-hybridized carbons (Fsp3) is 0.864. The number of ether oxygens (including phenoxy) is 2. The highest BCUT2D eigenvalue weighted by Crippen LogP contribution is 2.26. The van der Waals surface area contributed by atoms with Crippen molar-refractivity contribution in [2.24, 2.45) is 5.92 Å². The van der Waals surface area contributed by atoms with Gasteiger partial charge in [0.05, 0.1) is 18.6 Å². The van der Waals surface area contributed by atoms with Crippen LogP contribution in [0.25, 0.3) is 0 Å². The summed E-state index contributed by atoms with van der Waals surface area (Å²) >= 11 is 0. The average molecular weight is 353 g/mol. The first-order valence-corrected chi connectivity index (χ1v) is 10.7. The van der Waals surface area contributed by atoms with E-state index in [1.54, 1.807) is 0 Å². The minimum atomic E-state index is -0.0406. The number of rotatable bonds is 8. The van der Waals surface area contributed by atoms with Gasteiger partial charge in [0.25, 0.3) is 0 Å². The van der Waals surface area contributed by atoms with Gasteiger partial charge in [-0.25, -0.2) is 0 Å². The summed E-state index contributed by atoms with van der Waals surface area (Å²) in [5, 5.41) is 0. The average Bonchev–Trinajstić information content (AvgIpc) is 2.63. The fourth-order valence-electron chi connectivity index (χ4n) is 3.51. The largest absolute Gasteiger partial charge is 0.466 e. The second kappa shape index (κ2) is 15.7. The van der Waals surface area contributed by atoms with Crippen LogP contribution in [-0.4, -0.2) is 19.2 Å². The quantitative estimate of drug-likeness (QED) is 0.473. The predicted molar refractivity (Wildman–Crippen MR) is 104 cm³/mol. The molecule has 3 heteroatoms. The SMILES string of the molecule is [CH2]CCCC(CC[C]1CCCCCCCCCCCO1)C(=O)OCC. The van der Waals surface area contributed by atoms with Crippen molar-refractivity contribution < 1.29 is 14.3 Å². The van der Waals surface area contributed by atoms with Crippen molar-refractivity contribution in [3.05, 3.63) is 13.0 Å². The standard InChI is InChI=1S/C22H40O3/c1-3-5-15-20(22(23)24-4-2)17-18-21-16-13-11-9-7-6-8-10-12-14-19-25-21/h20H,1,3-19H2,2H3. The summed E-state index contributed by atoms with van der Waals surface area (Å²) < 4.78 is 11.4. The van der Waals surface area contributed by atoms with Crippen molar-refractivity contribution in [2.75, 3.05) is 13.2 Å². The van der Waals surface area contributed by atoms with Crippen molar-refractivity contribution in [1.82, 2.24) is 0 Å². The molecule has 1 atom stereocenters. The lowest BCUT2D eigenvalue weighted by Crippen LogP contribution is -2.19. The second-order valence-electron chi connectivity index (χ2n) is 7.30. The first kappa shape index (κ1) is 22.5. The lowest BCUT2D eigenvalue weighted by molar-refractivity contribution is -0.148.